The zero-order valence-corrected chi connectivity index (χ0v) is 9.83. The molecule has 0 amide bonds. The number of hydrogen-bond donors (Lipinski definition) is 1. The summed E-state index contributed by atoms with van der Waals surface area (Å²) in [6.45, 7) is 2.03. The molecule has 5 heteroatoms. The summed E-state index contributed by atoms with van der Waals surface area (Å²) in [4.78, 5) is 22.7. The fourth-order valence-corrected chi connectivity index (χ4v) is 1.63. The molecule has 0 fully saturated rings. The second kappa shape index (κ2) is 4.83. The van der Waals surface area contributed by atoms with Crippen LogP contribution in [0.1, 0.15) is 22.8 Å². The number of rotatable bonds is 3. The lowest BCUT2D eigenvalue weighted by Crippen LogP contribution is -2.26. The molecule has 1 heterocycles. The maximum atomic E-state index is 11.9. The van der Waals surface area contributed by atoms with Gasteiger partial charge in [-0.25, -0.2) is 4.79 Å². The largest absolute Gasteiger partial charge is 0.477 e. The number of carbonyl (C=O) groups is 1. The normalized spacial score (nSPS) is 10.3. The third-order valence-corrected chi connectivity index (χ3v) is 2.67. The van der Waals surface area contributed by atoms with Crippen molar-refractivity contribution in [3.05, 3.63) is 58.0 Å². The summed E-state index contributed by atoms with van der Waals surface area (Å²) in [5, 5.41) is 12.8. The van der Waals surface area contributed by atoms with Crippen LogP contribution in [0.2, 0.25) is 0 Å². The van der Waals surface area contributed by atoms with Gasteiger partial charge in [-0.15, -0.1) is 0 Å². The fourth-order valence-electron chi connectivity index (χ4n) is 1.63. The van der Waals surface area contributed by atoms with E-state index in [9.17, 15) is 9.59 Å². The number of carboxylic acids is 1. The lowest BCUT2D eigenvalue weighted by Gasteiger charge is -2.05. The Kier molecular flexibility index (Phi) is 3.23. The molecule has 0 aliphatic rings. The lowest BCUT2D eigenvalue weighted by atomic mass is 10.1. The van der Waals surface area contributed by atoms with E-state index in [0.29, 0.717) is 5.69 Å². The predicted octanol–water partition coefficient (Wildman–Crippen LogP) is 1.49. The first-order valence-electron chi connectivity index (χ1n) is 5.54. The fraction of sp³-hybridized carbons (Fsp3) is 0.154. The van der Waals surface area contributed by atoms with Gasteiger partial charge in [-0.1, -0.05) is 19.1 Å². The molecule has 0 saturated carbocycles. The molecular weight excluding hydrogens is 232 g/mol. The van der Waals surface area contributed by atoms with Crippen LogP contribution >= 0.6 is 0 Å². The van der Waals surface area contributed by atoms with Crippen LogP contribution in [0.15, 0.2) is 41.3 Å². The third-order valence-electron chi connectivity index (χ3n) is 2.67. The minimum absolute atomic E-state index is 0.287. The topological polar surface area (TPSA) is 72.2 Å². The van der Waals surface area contributed by atoms with Gasteiger partial charge in [0, 0.05) is 6.20 Å². The van der Waals surface area contributed by atoms with Gasteiger partial charge in [-0.05, 0) is 30.2 Å². The van der Waals surface area contributed by atoms with Crippen LogP contribution in [0.3, 0.4) is 0 Å². The molecule has 0 spiro atoms. The molecule has 1 N–H and O–H groups in total. The van der Waals surface area contributed by atoms with Crippen molar-refractivity contribution in [2.75, 3.05) is 0 Å². The third kappa shape index (κ3) is 2.15. The van der Waals surface area contributed by atoms with Gasteiger partial charge in [-0.3, -0.25) is 4.79 Å². The van der Waals surface area contributed by atoms with E-state index >= 15 is 0 Å². The van der Waals surface area contributed by atoms with Crippen LogP contribution in [0, 0.1) is 0 Å². The summed E-state index contributed by atoms with van der Waals surface area (Å²) in [5.74, 6) is -1.25. The lowest BCUT2D eigenvalue weighted by molar-refractivity contribution is 0.0694. The van der Waals surface area contributed by atoms with Crippen LogP contribution < -0.4 is 5.56 Å². The highest BCUT2D eigenvalue weighted by Crippen LogP contribution is 2.07. The minimum atomic E-state index is -1.25. The van der Waals surface area contributed by atoms with E-state index < -0.39 is 11.5 Å². The van der Waals surface area contributed by atoms with Crippen molar-refractivity contribution in [1.29, 1.82) is 0 Å². The highest BCUT2D eigenvalue weighted by molar-refractivity contribution is 5.86. The first kappa shape index (κ1) is 12.0. The van der Waals surface area contributed by atoms with Crippen molar-refractivity contribution in [1.82, 2.24) is 9.78 Å². The number of nitrogens with zero attached hydrogens (tertiary/aromatic N) is 2. The monoisotopic (exact) mass is 244 g/mol. The molecule has 92 valence electrons. The Balaban J connectivity index is 2.53. The van der Waals surface area contributed by atoms with Crippen molar-refractivity contribution in [3.63, 3.8) is 0 Å². The van der Waals surface area contributed by atoms with Crippen molar-refractivity contribution in [2.45, 2.75) is 13.3 Å². The van der Waals surface area contributed by atoms with Crippen LogP contribution in [0.5, 0.6) is 0 Å². The zero-order chi connectivity index (χ0) is 13.1. The van der Waals surface area contributed by atoms with E-state index in [1.165, 1.54) is 12.3 Å². The molecule has 2 rings (SSSR count). The highest BCUT2D eigenvalue weighted by atomic mass is 16.4. The Morgan fingerprint density at radius 2 is 1.94 bits per heavy atom. The summed E-state index contributed by atoms with van der Waals surface area (Å²) >= 11 is 0. The van der Waals surface area contributed by atoms with Crippen molar-refractivity contribution in [3.8, 4) is 5.69 Å². The maximum Gasteiger partial charge on any atom is 0.341 e. The molecule has 0 atom stereocenters. The standard InChI is InChI=1S/C13H12N2O3/c1-2-9-3-5-10(6-4-9)15-12(16)11(13(17)18)7-8-14-15/h3-8H,2H2,1H3,(H,17,18). The Bertz CT molecular complexity index is 629. The van der Waals surface area contributed by atoms with Gasteiger partial charge in [0.1, 0.15) is 5.56 Å². The number of hydrogen-bond acceptors (Lipinski definition) is 3. The van der Waals surface area contributed by atoms with Crippen molar-refractivity contribution in [2.24, 2.45) is 0 Å². The van der Waals surface area contributed by atoms with Crippen LogP contribution in [0.25, 0.3) is 5.69 Å². The van der Waals surface area contributed by atoms with E-state index in [-0.39, 0.29) is 5.56 Å². The van der Waals surface area contributed by atoms with Gasteiger partial charge < -0.3 is 5.11 Å². The zero-order valence-electron chi connectivity index (χ0n) is 9.83. The summed E-state index contributed by atoms with van der Waals surface area (Å²) in [7, 11) is 0. The molecule has 0 aliphatic carbocycles. The van der Waals surface area contributed by atoms with E-state index in [4.69, 9.17) is 5.11 Å². The van der Waals surface area contributed by atoms with Crippen LogP contribution in [-0.4, -0.2) is 20.9 Å². The average molecular weight is 244 g/mol. The molecule has 0 bridgehead atoms. The average Bonchev–Trinajstić information content (AvgIpc) is 2.39. The summed E-state index contributed by atoms with van der Waals surface area (Å²) in [5.41, 5.74) is 0.778. The molecule has 0 aliphatic heterocycles. The molecule has 18 heavy (non-hydrogen) atoms. The minimum Gasteiger partial charge on any atom is -0.477 e. The van der Waals surface area contributed by atoms with Crippen LogP contribution in [0.4, 0.5) is 0 Å². The van der Waals surface area contributed by atoms with Gasteiger partial charge in [-0.2, -0.15) is 9.78 Å². The molecule has 1 aromatic heterocycles. The Morgan fingerprint density at radius 3 is 2.50 bits per heavy atom. The number of benzene rings is 1. The number of carboxylic acid groups (broad SMARTS) is 1. The SMILES string of the molecule is CCc1ccc(-n2nccc(C(=O)O)c2=O)cc1. The molecular formula is C13H12N2O3. The van der Waals surface area contributed by atoms with Crippen molar-refractivity contribution >= 4 is 5.97 Å². The Morgan fingerprint density at radius 1 is 1.28 bits per heavy atom. The quantitative estimate of drug-likeness (QED) is 0.887. The first-order valence-corrected chi connectivity index (χ1v) is 5.54. The molecule has 0 radical (unpaired) electrons. The van der Waals surface area contributed by atoms with Gasteiger partial charge >= 0.3 is 5.97 Å². The number of aromatic nitrogens is 2. The first-order chi connectivity index (χ1) is 8.63. The van der Waals surface area contributed by atoms with Gasteiger partial charge in [0.2, 0.25) is 0 Å². The van der Waals surface area contributed by atoms with E-state index in [1.807, 2.05) is 19.1 Å². The van der Waals surface area contributed by atoms with E-state index in [1.54, 1.807) is 12.1 Å². The van der Waals surface area contributed by atoms with Crippen molar-refractivity contribution < 1.29 is 9.90 Å². The van der Waals surface area contributed by atoms with Gasteiger partial charge in [0.05, 0.1) is 5.69 Å². The molecule has 2 aromatic rings. The Labute approximate surface area is 103 Å². The molecule has 0 saturated heterocycles. The van der Waals surface area contributed by atoms with Crippen LogP contribution in [-0.2, 0) is 6.42 Å². The number of aryl methyl sites for hydroxylation is 1. The van der Waals surface area contributed by atoms with E-state index in [0.717, 1.165) is 16.7 Å². The number of aromatic carboxylic acids is 1. The smallest absolute Gasteiger partial charge is 0.341 e. The summed E-state index contributed by atoms with van der Waals surface area (Å²) < 4.78 is 1.09. The predicted molar refractivity (Wildman–Crippen MR) is 66.2 cm³/mol. The molecule has 0 unspecified atom stereocenters. The van der Waals surface area contributed by atoms with Gasteiger partial charge in [0.15, 0.2) is 0 Å². The molecule has 1 aromatic carbocycles. The molecule has 5 nitrogen and oxygen atoms in total. The van der Waals surface area contributed by atoms with Gasteiger partial charge in [0.25, 0.3) is 5.56 Å². The Hall–Kier alpha value is -2.43. The maximum absolute atomic E-state index is 11.9. The van der Waals surface area contributed by atoms with E-state index in [2.05, 4.69) is 5.10 Å². The highest BCUT2D eigenvalue weighted by Gasteiger charge is 2.11. The second-order valence-electron chi connectivity index (χ2n) is 3.79. The second-order valence-corrected chi connectivity index (χ2v) is 3.79. The summed E-state index contributed by atoms with van der Waals surface area (Å²) in [6, 6.07) is 8.47. The summed E-state index contributed by atoms with van der Waals surface area (Å²) in [6.07, 6.45) is 2.20.